The van der Waals surface area contributed by atoms with Gasteiger partial charge in [0.2, 0.25) is 0 Å². The molecule has 0 unspecified atom stereocenters. The number of aromatic nitrogens is 2. The molecule has 7 nitrogen and oxygen atoms in total. The maximum Gasteiger partial charge on any atom is 0.274 e. The third-order valence-corrected chi connectivity index (χ3v) is 5.33. The first-order valence-corrected chi connectivity index (χ1v) is 9.63. The van der Waals surface area contributed by atoms with Crippen LogP contribution in [0, 0.1) is 0 Å². The molecule has 1 amide bonds. The molecule has 2 fully saturated rings. The van der Waals surface area contributed by atoms with E-state index in [1.165, 1.54) is 19.3 Å². The number of phenols is 1. The maximum absolute atomic E-state index is 12.7. The number of hydrogen-bond donors (Lipinski definition) is 1. The molecule has 0 saturated carbocycles. The lowest BCUT2D eigenvalue weighted by molar-refractivity contribution is 0.0739. The molecule has 1 aromatic heterocycles. The monoisotopic (exact) mass is 367 g/mol. The van der Waals surface area contributed by atoms with Crippen molar-refractivity contribution in [1.29, 1.82) is 0 Å². The second-order valence-electron chi connectivity index (χ2n) is 7.12. The molecular formula is C20H25N5O2. The van der Waals surface area contributed by atoms with Crippen molar-refractivity contribution in [1.82, 2.24) is 15.1 Å². The Balaban J connectivity index is 1.35. The number of piperazine rings is 1. The molecule has 2 aliphatic rings. The minimum absolute atomic E-state index is 0.0574. The van der Waals surface area contributed by atoms with Crippen LogP contribution in [0.25, 0.3) is 0 Å². The summed E-state index contributed by atoms with van der Waals surface area (Å²) in [5.41, 5.74) is 1.47. The molecule has 0 radical (unpaired) electrons. The second-order valence-corrected chi connectivity index (χ2v) is 7.12. The number of amides is 1. The summed E-state index contributed by atoms with van der Waals surface area (Å²) in [6.07, 6.45) is 3.65. The largest absolute Gasteiger partial charge is 0.508 e. The predicted octanol–water partition coefficient (Wildman–Crippen LogP) is 2.13. The Kier molecular flexibility index (Phi) is 5.09. The standard InChI is InChI=1S/C20H25N5O2/c26-17-6-4-16(5-7-17)23-12-14-25(15-13-23)20(27)18-8-9-19(22-21-18)24-10-2-1-3-11-24/h4-9,26H,1-3,10-15H2. The number of nitrogens with zero attached hydrogens (tertiary/aromatic N) is 5. The Morgan fingerprint density at radius 3 is 2.11 bits per heavy atom. The van der Waals surface area contributed by atoms with Crippen LogP contribution in [0.15, 0.2) is 36.4 Å². The Morgan fingerprint density at radius 1 is 0.778 bits per heavy atom. The minimum atomic E-state index is -0.0574. The Labute approximate surface area is 159 Å². The van der Waals surface area contributed by atoms with Crippen molar-refractivity contribution in [2.75, 3.05) is 49.1 Å². The van der Waals surface area contributed by atoms with E-state index >= 15 is 0 Å². The van der Waals surface area contributed by atoms with Crippen molar-refractivity contribution in [2.24, 2.45) is 0 Å². The van der Waals surface area contributed by atoms with Crippen molar-refractivity contribution in [2.45, 2.75) is 19.3 Å². The SMILES string of the molecule is O=C(c1ccc(N2CCCCC2)nn1)N1CCN(c2ccc(O)cc2)CC1. The highest BCUT2D eigenvalue weighted by molar-refractivity contribution is 5.92. The van der Waals surface area contributed by atoms with E-state index < -0.39 is 0 Å². The molecular weight excluding hydrogens is 342 g/mol. The Bertz CT molecular complexity index is 764. The summed E-state index contributed by atoms with van der Waals surface area (Å²) in [4.78, 5) is 19.0. The van der Waals surface area contributed by atoms with Gasteiger partial charge >= 0.3 is 0 Å². The quantitative estimate of drug-likeness (QED) is 0.896. The van der Waals surface area contributed by atoms with Crippen LogP contribution in [-0.2, 0) is 0 Å². The van der Waals surface area contributed by atoms with Crippen molar-refractivity contribution in [3.05, 3.63) is 42.1 Å². The molecule has 0 aliphatic carbocycles. The number of piperidine rings is 1. The number of aromatic hydroxyl groups is 1. The van der Waals surface area contributed by atoms with Crippen LogP contribution < -0.4 is 9.80 Å². The smallest absolute Gasteiger partial charge is 0.274 e. The van der Waals surface area contributed by atoms with E-state index in [0.29, 0.717) is 18.8 Å². The lowest BCUT2D eigenvalue weighted by Crippen LogP contribution is -2.49. The van der Waals surface area contributed by atoms with E-state index in [1.807, 2.05) is 23.1 Å². The van der Waals surface area contributed by atoms with Crippen molar-refractivity contribution in [3.8, 4) is 5.75 Å². The summed E-state index contributed by atoms with van der Waals surface area (Å²) in [6, 6.07) is 10.9. The van der Waals surface area contributed by atoms with Crippen molar-refractivity contribution < 1.29 is 9.90 Å². The van der Waals surface area contributed by atoms with Gasteiger partial charge in [-0.1, -0.05) is 0 Å². The van der Waals surface area contributed by atoms with E-state index in [4.69, 9.17) is 0 Å². The number of benzene rings is 1. The van der Waals surface area contributed by atoms with E-state index in [1.54, 1.807) is 18.2 Å². The number of carbonyl (C=O) groups excluding carboxylic acids is 1. The number of anilines is 2. The molecule has 3 heterocycles. The fourth-order valence-electron chi connectivity index (χ4n) is 3.72. The Hall–Kier alpha value is -2.83. The molecule has 27 heavy (non-hydrogen) atoms. The first-order valence-electron chi connectivity index (χ1n) is 9.63. The lowest BCUT2D eigenvalue weighted by atomic mass is 10.1. The highest BCUT2D eigenvalue weighted by Gasteiger charge is 2.24. The van der Waals surface area contributed by atoms with E-state index in [9.17, 15) is 9.90 Å². The van der Waals surface area contributed by atoms with E-state index in [-0.39, 0.29) is 11.7 Å². The van der Waals surface area contributed by atoms with Crippen molar-refractivity contribution >= 4 is 17.4 Å². The molecule has 0 spiro atoms. The summed E-state index contributed by atoms with van der Waals surface area (Å²) in [5.74, 6) is 1.07. The van der Waals surface area contributed by atoms with Gasteiger partial charge < -0.3 is 19.8 Å². The summed E-state index contributed by atoms with van der Waals surface area (Å²) in [6.45, 7) is 4.85. The van der Waals surface area contributed by atoms with Crippen LogP contribution in [0.2, 0.25) is 0 Å². The van der Waals surface area contributed by atoms with Crippen LogP contribution >= 0.6 is 0 Å². The maximum atomic E-state index is 12.7. The zero-order chi connectivity index (χ0) is 18.6. The van der Waals surface area contributed by atoms with Gasteiger partial charge in [-0.25, -0.2) is 0 Å². The van der Waals surface area contributed by atoms with Crippen molar-refractivity contribution in [3.63, 3.8) is 0 Å². The highest BCUT2D eigenvalue weighted by Crippen LogP contribution is 2.21. The molecule has 0 atom stereocenters. The summed E-state index contributed by atoms with van der Waals surface area (Å²) in [7, 11) is 0. The highest BCUT2D eigenvalue weighted by atomic mass is 16.3. The van der Waals surface area contributed by atoms with Crippen LogP contribution in [0.5, 0.6) is 5.75 Å². The molecule has 1 aromatic carbocycles. The van der Waals surface area contributed by atoms with Gasteiger partial charge in [-0.2, -0.15) is 0 Å². The van der Waals surface area contributed by atoms with Gasteiger partial charge in [0.05, 0.1) is 0 Å². The second kappa shape index (κ2) is 7.82. The molecule has 142 valence electrons. The third kappa shape index (κ3) is 3.97. The topological polar surface area (TPSA) is 72.8 Å². The molecule has 1 N–H and O–H groups in total. The van der Waals surface area contributed by atoms with Gasteiger partial charge in [-0.3, -0.25) is 4.79 Å². The van der Waals surface area contributed by atoms with Crippen LogP contribution in [0.3, 0.4) is 0 Å². The number of hydrogen-bond acceptors (Lipinski definition) is 6. The predicted molar refractivity (Wildman–Crippen MR) is 104 cm³/mol. The zero-order valence-corrected chi connectivity index (χ0v) is 15.4. The number of rotatable bonds is 3. The normalized spacial score (nSPS) is 17.9. The van der Waals surface area contributed by atoms with Gasteiger partial charge in [-0.15, -0.1) is 10.2 Å². The first kappa shape index (κ1) is 17.6. The fourth-order valence-corrected chi connectivity index (χ4v) is 3.72. The van der Waals surface area contributed by atoms with E-state index in [0.717, 1.165) is 37.7 Å². The van der Waals surface area contributed by atoms with Gasteiger partial charge in [0.25, 0.3) is 5.91 Å². The van der Waals surface area contributed by atoms with Gasteiger partial charge in [0.15, 0.2) is 11.5 Å². The Morgan fingerprint density at radius 2 is 1.48 bits per heavy atom. The number of carbonyl (C=O) groups is 1. The molecule has 7 heteroatoms. The minimum Gasteiger partial charge on any atom is -0.508 e. The zero-order valence-electron chi connectivity index (χ0n) is 15.4. The van der Waals surface area contributed by atoms with E-state index in [2.05, 4.69) is 20.0 Å². The van der Waals surface area contributed by atoms with Crippen LogP contribution in [0.4, 0.5) is 11.5 Å². The third-order valence-electron chi connectivity index (χ3n) is 5.33. The average Bonchev–Trinajstić information content (AvgIpc) is 2.75. The lowest BCUT2D eigenvalue weighted by Gasteiger charge is -2.36. The van der Waals surface area contributed by atoms with Gasteiger partial charge in [0.1, 0.15) is 5.75 Å². The average molecular weight is 367 g/mol. The molecule has 0 bridgehead atoms. The molecule has 2 aromatic rings. The van der Waals surface area contributed by atoms with Gasteiger partial charge in [-0.05, 0) is 55.7 Å². The van der Waals surface area contributed by atoms with Crippen LogP contribution in [0.1, 0.15) is 29.8 Å². The molecule has 2 aliphatic heterocycles. The van der Waals surface area contributed by atoms with Gasteiger partial charge in [0, 0.05) is 45.0 Å². The summed E-state index contributed by atoms with van der Waals surface area (Å²) >= 11 is 0. The first-order chi connectivity index (χ1) is 13.2. The molecule has 2 saturated heterocycles. The fraction of sp³-hybridized carbons (Fsp3) is 0.450. The number of phenolic OH excluding ortho intramolecular Hbond substituents is 1. The summed E-state index contributed by atoms with van der Waals surface area (Å²) < 4.78 is 0. The van der Waals surface area contributed by atoms with Crippen LogP contribution in [-0.4, -0.2) is 65.4 Å². The summed E-state index contributed by atoms with van der Waals surface area (Å²) in [5, 5.41) is 17.9. The molecule has 4 rings (SSSR count).